The van der Waals surface area contributed by atoms with E-state index < -0.39 is 5.54 Å². The fourth-order valence-electron chi connectivity index (χ4n) is 2.33. The lowest BCUT2D eigenvalue weighted by Crippen LogP contribution is -2.55. The van der Waals surface area contributed by atoms with Crippen molar-refractivity contribution >= 4 is 35.6 Å². The van der Waals surface area contributed by atoms with E-state index in [0.29, 0.717) is 26.2 Å². The summed E-state index contributed by atoms with van der Waals surface area (Å²) < 4.78 is 0. The second-order valence-corrected chi connectivity index (χ2v) is 6.17. The van der Waals surface area contributed by atoms with Gasteiger partial charge in [-0.25, -0.2) is 0 Å². The third-order valence-electron chi connectivity index (χ3n) is 3.80. The Morgan fingerprint density at radius 2 is 1.75 bits per heavy atom. The maximum atomic E-state index is 12.2. The summed E-state index contributed by atoms with van der Waals surface area (Å²) in [4.78, 5) is 28.6. The maximum Gasteiger partial charge on any atom is 0.264 e. The van der Waals surface area contributed by atoms with Gasteiger partial charge in [-0.05, 0) is 24.3 Å². The van der Waals surface area contributed by atoms with Crippen molar-refractivity contribution in [3.8, 4) is 0 Å². The van der Waals surface area contributed by atoms with Gasteiger partial charge in [0, 0.05) is 26.2 Å². The smallest absolute Gasteiger partial charge is 0.264 e. The number of nitrogens with zero attached hydrogens (tertiary/aromatic N) is 2. The number of amides is 2. The van der Waals surface area contributed by atoms with Crippen molar-refractivity contribution in [2.24, 2.45) is 5.73 Å². The Kier molecular flexibility index (Phi) is 4.36. The molecule has 1 saturated carbocycles. The minimum absolute atomic E-state index is 0. The molecule has 5 nitrogen and oxygen atoms in total. The van der Waals surface area contributed by atoms with Crippen LogP contribution in [0.25, 0.3) is 0 Å². The first-order valence-corrected chi connectivity index (χ1v) is 7.39. The van der Waals surface area contributed by atoms with Gasteiger partial charge in [-0.2, -0.15) is 0 Å². The molecule has 3 rings (SSSR count). The number of thiophene rings is 1. The summed E-state index contributed by atoms with van der Waals surface area (Å²) in [7, 11) is 0. The van der Waals surface area contributed by atoms with Crippen molar-refractivity contribution in [1.29, 1.82) is 0 Å². The standard InChI is InChI=1S/C13H17N3O2S.ClH/c14-13(3-4-13)12(18)16-7-5-15(6-8-16)11(17)10-2-1-9-19-10;/h1-2,9H,3-8,14H2;1H. The third kappa shape index (κ3) is 2.82. The number of carbonyl (C=O) groups excluding carboxylic acids is 2. The van der Waals surface area contributed by atoms with Gasteiger partial charge in [-0.15, -0.1) is 23.7 Å². The first kappa shape index (κ1) is 15.3. The highest BCUT2D eigenvalue weighted by atomic mass is 35.5. The van der Waals surface area contributed by atoms with Crippen LogP contribution in [-0.4, -0.2) is 53.3 Å². The van der Waals surface area contributed by atoms with Gasteiger partial charge in [0.05, 0.1) is 10.4 Å². The van der Waals surface area contributed by atoms with Crippen LogP contribution in [0.3, 0.4) is 0 Å². The van der Waals surface area contributed by atoms with Crippen LogP contribution in [0, 0.1) is 0 Å². The summed E-state index contributed by atoms with van der Waals surface area (Å²) >= 11 is 1.45. The molecule has 2 amide bonds. The summed E-state index contributed by atoms with van der Waals surface area (Å²) in [5.41, 5.74) is 5.33. The molecule has 110 valence electrons. The molecule has 2 aliphatic rings. The lowest BCUT2D eigenvalue weighted by atomic mass is 10.2. The van der Waals surface area contributed by atoms with Gasteiger partial charge in [0.25, 0.3) is 5.91 Å². The van der Waals surface area contributed by atoms with E-state index in [-0.39, 0.29) is 24.2 Å². The molecule has 1 aromatic heterocycles. The summed E-state index contributed by atoms with van der Waals surface area (Å²) in [5, 5.41) is 1.90. The topological polar surface area (TPSA) is 66.6 Å². The van der Waals surface area contributed by atoms with Crippen LogP contribution in [0.1, 0.15) is 22.5 Å². The largest absolute Gasteiger partial charge is 0.338 e. The maximum absolute atomic E-state index is 12.2. The molecular weight excluding hydrogens is 298 g/mol. The highest BCUT2D eigenvalue weighted by Gasteiger charge is 2.48. The molecule has 2 heterocycles. The molecule has 0 aromatic carbocycles. The van der Waals surface area contributed by atoms with Gasteiger partial charge >= 0.3 is 0 Å². The van der Waals surface area contributed by atoms with Crippen molar-refractivity contribution in [3.05, 3.63) is 22.4 Å². The fourth-order valence-corrected chi connectivity index (χ4v) is 3.02. The highest BCUT2D eigenvalue weighted by molar-refractivity contribution is 7.12. The SMILES string of the molecule is Cl.NC1(C(=O)N2CCN(C(=O)c3cccs3)CC2)CC1. The summed E-state index contributed by atoms with van der Waals surface area (Å²) in [5.74, 6) is 0.117. The normalized spacial score (nSPS) is 20.2. The molecule has 1 aromatic rings. The average Bonchev–Trinajstić information content (AvgIpc) is 2.97. The van der Waals surface area contributed by atoms with Crippen LogP contribution in [-0.2, 0) is 4.79 Å². The van der Waals surface area contributed by atoms with Crippen molar-refractivity contribution in [1.82, 2.24) is 9.80 Å². The van der Waals surface area contributed by atoms with Gasteiger partial charge in [0.15, 0.2) is 0 Å². The van der Waals surface area contributed by atoms with E-state index in [2.05, 4.69) is 0 Å². The first-order valence-electron chi connectivity index (χ1n) is 6.51. The van der Waals surface area contributed by atoms with Crippen LogP contribution in [0.5, 0.6) is 0 Å². The molecule has 1 aliphatic heterocycles. The van der Waals surface area contributed by atoms with E-state index in [1.54, 1.807) is 4.90 Å². The molecular formula is C13H18ClN3O2S. The zero-order valence-electron chi connectivity index (χ0n) is 11.1. The molecule has 0 atom stereocenters. The Labute approximate surface area is 128 Å². The second-order valence-electron chi connectivity index (χ2n) is 5.22. The Balaban J connectivity index is 0.00000147. The summed E-state index contributed by atoms with van der Waals surface area (Å²) in [6.45, 7) is 2.38. The van der Waals surface area contributed by atoms with Crippen molar-refractivity contribution in [2.75, 3.05) is 26.2 Å². The highest BCUT2D eigenvalue weighted by Crippen LogP contribution is 2.34. The average molecular weight is 316 g/mol. The number of carbonyl (C=O) groups is 2. The Morgan fingerprint density at radius 3 is 2.25 bits per heavy atom. The minimum Gasteiger partial charge on any atom is -0.338 e. The molecule has 1 saturated heterocycles. The van der Waals surface area contributed by atoms with E-state index in [0.717, 1.165) is 17.7 Å². The molecule has 7 heteroatoms. The number of piperazine rings is 1. The van der Waals surface area contributed by atoms with Gasteiger partial charge in [-0.1, -0.05) is 6.07 Å². The molecule has 2 N–H and O–H groups in total. The van der Waals surface area contributed by atoms with E-state index >= 15 is 0 Å². The lowest BCUT2D eigenvalue weighted by Gasteiger charge is -2.35. The first-order chi connectivity index (χ1) is 9.10. The van der Waals surface area contributed by atoms with Gasteiger partial charge < -0.3 is 15.5 Å². The van der Waals surface area contributed by atoms with Crippen molar-refractivity contribution in [2.45, 2.75) is 18.4 Å². The zero-order chi connectivity index (χ0) is 13.5. The number of hydrogen-bond acceptors (Lipinski definition) is 4. The number of hydrogen-bond donors (Lipinski definition) is 1. The van der Waals surface area contributed by atoms with E-state index in [1.165, 1.54) is 11.3 Å². The van der Waals surface area contributed by atoms with Gasteiger partial charge in [0.2, 0.25) is 5.91 Å². The van der Waals surface area contributed by atoms with E-state index in [1.807, 2.05) is 22.4 Å². The third-order valence-corrected chi connectivity index (χ3v) is 4.66. The summed E-state index contributed by atoms with van der Waals surface area (Å²) in [6, 6.07) is 3.71. The van der Waals surface area contributed by atoms with Crippen LogP contribution in [0.15, 0.2) is 17.5 Å². The Morgan fingerprint density at radius 1 is 1.15 bits per heavy atom. The number of halogens is 1. The molecule has 1 aliphatic carbocycles. The van der Waals surface area contributed by atoms with Gasteiger partial charge in [0.1, 0.15) is 0 Å². The molecule has 0 radical (unpaired) electrons. The molecule has 0 bridgehead atoms. The van der Waals surface area contributed by atoms with E-state index in [9.17, 15) is 9.59 Å². The second kappa shape index (κ2) is 5.71. The lowest BCUT2D eigenvalue weighted by molar-refractivity contribution is -0.135. The van der Waals surface area contributed by atoms with Crippen LogP contribution in [0.4, 0.5) is 0 Å². The van der Waals surface area contributed by atoms with Crippen molar-refractivity contribution in [3.63, 3.8) is 0 Å². The molecule has 0 unspecified atom stereocenters. The van der Waals surface area contributed by atoms with Crippen LogP contribution < -0.4 is 5.73 Å². The summed E-state index contributed by atoms with van der Waals surface area (Å²) in [6.07, 6.45) is 1.58. The van der Waals surface area contributed by atoms with Crippen LogP contribution in [0.2, 0.25) is 0 Å². The molecule has 20 heavy (non-hydrogen) atoms. The predicted molar refractivity (Wildman–Crippen MR) is 80.2 cm³/mol. The number of rotatable bonds is 2. The predicted octanol–water partition coefficient (Wildman–Crippen LogP) is 0.946. The molecule has 2 fully saturated rings. The molecule has 0 spiro atoms. The Hall–Kier alpha value is -1.11. The number of nitrogens with two attached hydrogens (primary N) is 1. The fraction of sp³-hybridized carbons (Fsp3) is 0.538. The quantitative estimate of drug-likeness (QED) is 0.883. The van der Waals surface area contributed by atoms with Gasteiger partial charge in [-0.3, -0.25) is 9.59 Å². The monoisotopic (exact) mass is 315 g/mol. The minimum atomic E-state index is -0.597. The Bertz CT molecular complexity index is 494. The van der Waals surface area contributed by atoms with E-state index in [4.69, 9.17) is 5.73 Å². The van der Waals surface area contributed by atoms with Crippen LogP contribution >= 0.6 is 23.7 Å². The van der Waals surface area contributed by atoms with Crippen molar-refractivity contribution < 1.29 is 9.59 Å². The zero-order valence-corrected chi connectivity index (χ0v) is 12.7.